The molecule has 1 amide bonds. The Kier molecular flexibility index (Phi) is 4.43. The Morgan fingerprint density at radius 3 is 2.95 bits per heavy atom. The highest BCUT2D eigenvalue weighted by Crippen LogP contribution is 2.19. The highest BCUT2D eigenvalue weighted by molar-refractivity contribution is 5.94. The lowest BCUT2D eigenvalue weighted by molar-refractivity contribution is 0.0764. The van der Waals surface area contributed by atoms with Gasteiger partial charge in [-0.1, -0.05) is 0 Å². The minimum atomic E-state index is 0.0219. The second kappa shape index (κ2) is 6.06. The molecule has 1 saturated heterocycles. The summed E-state index contributed by atoms with van der Waals surface area (Å²) in [6.07, 6.45) is 2.37. The third-order valence-electron chi connectivity index (χ3n) is 3.72. The summed E-state index contributed by atoms with van der Waals surface area (Å²) >= 11 is 0. The van der Waals surface area contributed by atoms with Crippen molar-refractivity contribution >= 4 is 5.91 Å². The summed E-state index contributed by atoms with van der Waals surface area (Å²) < 4.78 is 0. The van der Waals surface area contributed by atoms with Crippen molar-refractivity contribution in [3.8, 4) is 5.75 Å². The topological polar surface area (TPSA) is 52.6 Å². The Balaban J connectivity index is 1.99. The van der Waals surface area contributed by atoms with Crippen LogP contribution in [0.3, 0.4) is 0 Å². The molecule has 1 fully saturated rings. The third-order valence-corrected chi connectivity index (χ3v) is 3.72. The fraction of sp³-hybridized carbons (Fsp3) is 0.533. The van der Waals surface area contributed by atoms with E-state index < -0.39 is 0 Å². The summed E-state index contributed by atoms with van der Waals surface area (Å²) in [5.41, 5.74) is 1.38. The number of carbonyl (C=O) groups excluding carboxylic acids is 1. The van der Waals surface area contributed by atoms with Gasteiger partial charge in [0.25, 0.3) is 5.91 Å². The lowest BCUT2D eigenvalue weighted by atomic mass is 9.99. The number of aromatic hydroxyl groups is 1. The summed E-state index contributed by atoms with van der Waals surface area (Å²) in [7, 11) is 1.85. The summed E-state index contributed by atoms with van der Waals surface area (Å²) in [5.74, 6) is 0.797. The molecule has 104 valence electrons. The van der Waals surface area contributed by atoms with Crippen LogP contribution in [-0.4, -0.2) is 42.6 Å². The molecule has 2 rings (SSSR count). The van der Waals surface area contributed by atoms with Crippen molar-refractivity contribution in [2.24, 2.45) is 5.92 Å². The number of phenols is 1. The Labute approximate surface area is 114 Å². The van der Waals surface area contributed by atoms with Crippen LogP contribution in [0.15, 0.2) is 18.2 Å². The van der Waals surface area contributed by atoms with Gasteiger partial charge in [-0.2, -0.15) is 0 Å². The zero-order valence-electron chi connectivity index (χ0n) is 11.6. The summed E-state index contributed by atoms with van der Waals surface area (Å²) in [6, 6.07) is 5.01. The number of rotatable bonds is 3. The van der Waals surface area contributed by atoms with E-state index in [1.54, 1.807) is 30.0 Å². The van der Waals surface area contributed by atoms with E-state index in [9.17, 15) is 9.90 Å². The van der Waals surface area contributed by atoms with Crippen LogP contribution in [0.1, 0.15) is 28.8 Å². The first-order valence-corrected chi connectivity index (χ1v) is 6.83. The van der Waals surface area contributed by atoms with Crippen molar-refractivity contribution in [2.45, 2.75) is 19.8 Å². The zero-order valence-corrected chi connectivity index (χ0v) is 11.6. The number of phenolic OH excluding ortho intramolecular Hbond substituents is 1. The Hall–Kier alpha value is -1.55. The van der Waals surface area contributed by atoms with E-state index in [-0.39, 0.29) is 11.7 Å². The SMILES string of the molecule is Cc1cc(C(=O)N(C)CC2CCCNC2)ccc1O. The number of piperidine rings is 1. The standard InChI is InChI=1S/C15H22N2O2/c1-11-8-13(5-6-14(11)18)15(19)17(2)10-12-4-3-7-16-9-12/h5-6,8,12,16,18H,3-4,7,9-10H2,1-2H3. The van der Waals surface area contributed by atoms with Crippen LogP contribution < -0.4 is 5.32 Å². The minimum Gasteiger partial charge on any atom is -0.508 e. The summed E-state index contributed by atoms with van der Waals surface area (Å²) in [5, 5.41) is 12.9. The summed E-state index contributed by atoms with van der Waals surface area (Å²) in [4.78, 5) is 14.1. The van der Waals surface area contributed by atoms with Crippen molar-refractivity contribution in [3.63, 3.8) is 0 Å². The van der Waals surface area contributed by atoms with Gasteiger partial charge in [0, 0.05) is 19.2 Å². The number of nitrogens with one attached hydrogen (secondary N) is 1. The maximum Gasteiger partial charge on any atom is 0.253 e. The molecule has 1 unspecified atom stereocenters. The molecule has 1 aliphatic rings. The molecule has 0 aromatic heterocycles. The molecule has 19 heavy (non-hydrogen) atoms. The number of hydrogen-bond acceptors (Lipinski definition) is 3. The van der Waals surface area contributed by atoms with Gasteiger partial charge in [-0.3, -0.25) is 4.79 Å². The molecule has 1 aromatic carbocycles. The second-order valence-electron chi connectivity index (χ2n) is 5.40. The third kappa shape index (κ3) is 3.47. The largest absolute Gasteiger partial charge is 0.508 e. The number of aryl methyl sites for hydroxylation is 1. The number of carbonyl (C=O) groups is 1. The molecular formula is C15H22N2O2. The van der Waals surface area contributed by atoms with Crippen LogP contribution in [0, 0.1) is 12.8 Å². The molecule has 1 heterocycles. The first-order valence-electron chi connectivity index (χ1n) is 6.83. The van der Waals surface area contributed by atoms with E-state index in [1.807, 2.05) is 7.05 Å². The molecule has 0 bridgehead atoms. The van der Waals surface area contributed by atoms with Gasteiger partial charge in [-0.25, -0.2) is 0 Å². The van der Waals surface area contributed by atoms with Gasteiger partial charge in [-0.05, 0) is 62.5 Å². The monoisotopic (exact) mass is 262 g/mol. The molecule has 0 spiro atoms. The summed E-state index contributed by atoms with van der Waals surface area (Å²) in [6.45, 7) is 4.67. The maximum atomic E-state index is 12.3. The quantitative estimate of drug-likeness (QED) is 0.873. The van der Waals surface area contributed by atoms with Crippen molar-refractivity contribution in [1.82, 2.24) is 10.2 Å². The van der Waals surface area contributed by atoms with E-state index in [0.29, 0.717) is 11.5 Å². The normalized spacial score (nSPS) is 19.2. The van der Waals surface area contributed by atoms with Crippen molar-refractivity contribution in [2.75, 3.05) is 26.7 Å². The highest BCUT2D eigenvalue weighted by Gasteiger charge is 2.19. The first kappa shape index (κ1) is 13.9. The van der Waals surface area contributed by atoms with Gasteiger partial charge < -0.3 is 15.3 Å². The van der Waals surface area contributed by atoms with Crippen molar-refractivity contribution < 1.29 is 9.90 Å². The van der Waals surface area contributed by atoms with E-state index in [0.717, 1.165) is 25.2 Å². The molecule has 1 aliphatic heterocycles. The molecule has 0 saturated carbocycles. The molecule has 4 nitrogen and oxygen atoms in total. The van der Waals surface area contributed by atoms with Gasteiger partial charge >= 0.3 is 0 Å². The fourth-order valence-corrected chi connectivity index (χ4v) is 2.56. The van der Waals surface area contributed by atoms with E-state index in [2.05, 4.69) is 5.32 Å². The molecule has 2 N–H and O–H groups in total. The van der Waals surface area contributed by atoms with E-state index in [4.69, 9.17) is 0 Å². The van der Waals surface area contributed by atoms with Gasteiger partial charge in [0.15, 0.2) is 0 Å². The number of benzene rings is 1. The average molecular weight is 262 g/mol. The van der Waals surface area contributed by atoms with Crippen LogP contribution in [0.25, 0.3) is 0 Å². The predicted molar refractivity (Wildman–Crippen MR) is 75.4 cm³/mol. The molecular weight excluding hydrogens is 240 g/mol. The highest BCUT2D eigenvalue weighted by atomic mass is 16.3. The molecule has 1 atom stereocenters. The van der Waals surface area contributed by atoms with Crippen LogP contribution in [0.2, 0.25) is 0 Å². The van der Waals surface area contributed by atoms with Crippen LogP contribution >= 0.6 is 0 Å². The predicted octanol–water partition coefficient (Wildman–Crippen LogP) is 1.77. The molecule has 4 heteroatoms. The van der Waals surface area contributed by atoms with Crippen LogP contribution in [0.4, 0.5) is 0 Å². The second-order valence-corrected chi connectivity index (χ2v) is 5.40. The number of amides is 1. The Morgan fingerprint density at radius 1 is 1.53 bits per heavy atom. The maximum absolute atomic E-state index is 12.3. The van der Waals surface area contributed by atoms with Crippen molar-refractivity contribution in [3.05, 3.63) is 29.3 Å². The molecule has 0 aliphatic carbocycles. The van der Waals surface area contributed by atoms with Gasteiger partial charge in [0.1, 0.15) is 5.75 Å². The minimum absolute atomic E-state index is 0.0219. The van der Waals surface area contributed by atoms with Gasteiger partial charge in [-0.15, -0.1) is 0 Å². The fourth-order valence-electron chi connectivity index (χ4n) is 2.56. The van der Waals surface area contributed by atoms with Crippen LogP contribution in [-0.2, 0) is 0 Å². The van der Waals surface area contributed by atoms with Crippen molar-refractivity contribution in [1.29, 1.82) is 0 Å². The first-order chi connectivity index (χ1) is 9.08. The van der Waals surface area contributed by atoms with Gasteiger partial charge in [0.2, 0.25) is 0 Å². The van der Waals surface area contributed by atoms with E-state index >= 15 is 0 Å². The van der Waals surface area contributed by atoms with E-state index in [1.165, 1.54) is 12.8 Å². The Bertz CT molecular complexity index is 453. The zero-order chi connectivity index (χ0) is 13.8. The lowest BCUT2D eigenvalue weighted by Gasteiger charge is -2.27. The smallest absolute Gasteiger partial charge is 0.253 e. The lowest BCUT2D eigenvalue weighted by Crippen LogP contribution is -2.39. The van der Waals surface area contributed by atoms with Crippen LogP contribution in [0.5, 0.6) is 5.75 Å². The van der Waals surface area contributed by atoms with Gasteiger partial charge in [0.05, 0.1) is 0 Å². The molecule has 1 aromatic rings. The number of hydrogen-bond donors (Lipinski definition) is 2. The Morgan fingerprint density at radius 2 is 2.32 bits per heavy atom. The number of nitrogens with zero attached hydrogens (tertiary/aromatic N) is 1. The molecule has 0 radical (unpaired) electrons. The average Bonchev–Trinajstić information content (AvgIpc) is 2.42.